The van der Waals surface area contributed by atoms with Gasteiger partial charge in [-0.2, -0.15) is 0 Å². The highest BCUT2D eigenvalue weighted by atomic mass is 32.2. The molecule has 1 aliphatic rings. The molecule has 1 N–H and O–H groups in total. The van der Waals surface area contributed by atoms with Gasteiger partial charge in [-0.25, -0.2) is 18.1 Å². The summed E-state index contributed by atoms with van der Waals surface area (Å²) in [5, 5.41) is 0. The summed E-state index contributed by atoms with van der Waals surface area (Å²) in [5.74, 6) is 0.147. The molecule has 6 heteroatoms. The summed E-state index contributed by atoms with van der Waals surface area (Å²) in [7, 11) is -3.07. The highest BCUT2D eigenvalue weighted by molar-refractivity contribution is 7.89. The first-order valence-electron chi connectivity index (χ1n) is 5.48. The van der Waals surface area contributed by atoms with Gasteiger partial charge in [0.25, 0.3) is 0 Å². The van der Waals surface area contributed by atoms with Crippen LogP contribution in [0.25, 0.3) is 0 Å². The maximum Gasteiger partial charge on any atom is 0.211 e. The van der Waals surface area contributed by atoms with E-state index < -0.39 is 10.0 Å². The summed E-state index contributed by atoms with van der Waals surface area (Å²) in [6.07, 6.45) is 7.59. The van der Waals surface area contributed by atoms with Gasteiger partial charge < -0.3 is 4.57 Å². The zero-order valence-electron chi connectivity index (χ0n) is 9.39. The molecule has 0 unspecified atom stereocenters. The molecule has 0 amide bonds. The minimum Gasteiger partial charge on any atom is -0.337 e. The van der Waals surface area contributed by atoms with E-state index in [4.69, 9.17) is 0 Å². The van der Waals surface area contributed by atoms with E-state index in [-0.39, 0.29) is 11.2 Å². The molecule has 0 radical (unpaired) electrons. The summed E-state index contributed by atoms with van der Waals surface area (Å²) in [6.45, 7) is 3.04. The minimum atomic E-state index is -3.07. The van der Waals surface area contributed by atoms with Crippen molar-refractivity contribution in [1.82, 2.24) is 14.3 Å². The lowest BCUT2D eigenvalue weighted by atomic mass is 10.1. The predicted octanol–water partition coefficient (Wildman–Crippen LogP) is 0.603. The zero-order valence-corrected chi connectivity index (χ0v) is 10.2. The van der Waals surface area contributed by atoms with Gasteiger partial charge in [-0.15, -0.1) is 0 Å². The lowest BCUT2D eigenvalue weighted by Gasteiger charge is -2.16. The second-order valence-corrected chi connectivity index (χ2v) is 6.56. The number of hydrogen-bond donors (Lipinski definition) is 1. The number of hydrogen-bond acceptors (Lipinski definition) is 3. The van der Waals surface area contributed by atoms with Crippen LogP contribution in [0.2, 0.25) is 0 Å². The monoisotopic (exact) mass is 243 g/mol. The Morgan fingerprint density at radius 3 is 2.75 bits per heavy atom. The van der Waals surface area contributed by atoms with Crippen molar-refractivity contribution in [2.24, 2.45) is 5.41 Å². The molecule has 5 nitrogen and oxygen atoms in total. The number of nitrogens with one attached hydrogen (secondary N) is 1. The van der Waals surface area contributed by atoms with Crippen molar-refractivity contribution >= 4 is 10.0 Å². The summed E-state index contributed by atoms with van der Waals surface area (Å²) in [6, 6.07) is 0. The molecule has 1 aromatic heterocycles. The fraction of sp³-hybridized carbons (Fsp3) is 0.700. The van der Waals surface area contributed by atoms with Crippen molar-refractivity contribution in [1.29, 1.82) is 0 Å². The van der Waals surface area contributed by atoms with Crippen molar-refractivity contribution in [2.45, 2.75) is 26.3 Å². The van der Waals surface area contributed by atoms with E-state index in [1.807, 2.05) is 10.8 Å². The van der Waals surface area contributed by atoms with Crippen LogP contribution in [-0.4, -0.2) is 30.3 Å². The normalized spacial score (nSPS) is 18.6. The second-order valence-electron chi connectivity index (χ2n) is 4.46. The van der Waals surface area contributed by atoms with E-state index in [2.05, 4.69) is 9.71 Å². The SMILES string of the molecule is CCS(=O)(=O)NCC1(Cn2ccnc2)CC1. The van der Waals surface area contributed by atoms with Gasteiger partial charge in [0, 0.05) is 30.9 Å². The Kier molecular flexibility index (Phi) is 3.03. The quantitative estimate of drug-likeness (QED) is 0.796. The third kappa shape index (κ3) is 2.82. The molecule has 1 saturated carbocycles. The Balaban J connectivity index is 1.90. The molecule has 1 fully saturated rings. The Labute approximate surface area is 95.9 Å². The number of rotatable bonds is 6. The van der Waals surface area contributed by atoms with Gasteiger partial charge in [0.05, 0.1) is 12.1 Å². The first-order chi connectivity index (χ1) is 7.55. The number of imidazole rings is 1. The van der Waals surface area contributed by atoms with E-state index >= 15 is 0 Å². The van der Waals surface area contributed by atoms with Crippen LogP contribution in [0.15, 0.2) is 18.7 Å². The van der Waals surface area contributed by atoms with Crippen LogP contribution in [0.4, 0.5) is 0 Å². The van der Waals surface area contributed by atoms with Gasteiger partial charge in [0.1, 0.15) is 0 Å². The first-order valence-corrected chi connectivity index (χ1v) is 7.14. The average Bonchev–Trinajstić information content (AvgIpc) is 2.82. The average molecular weight is 243 g/mol. The molecule has 0 aromatic carbocycles. The standard InChI is InChI=1S/C10H17N3O2S/c1-2-16(14,15)12-7-10(3-4-10)8-13-6-5-11-9-13/h5-6,9,12H,2-4,7-8H2,1H3. The van der Waals surface area contributed by atoms with Gasteiger partial charge in [0.2, 0.25) is 10.0 Å². The lowest BCUT2D eigenvalue weighted by molar-refractivity contribution is 0.416. The van der Waals surface area contributed by atoms with E-state index in [1.54, 1.807) is 19.4 Å². The smallest absolute Gasteiger partial charge is 0.211 e. The summed E-state index contributed by atoms with van der Waals surface area (Å²) < 4.78 is 27.4. The highest BCUT2D eigenvalue weighted by Crippen LogP contribution is 2.46. The molecular formula is C10H17N3O2S. The molecule has 16 heavy (non-hydrogen) atoms. The van der Waals surface area contributed by atoms with Crippen LogP contribution in [0.1, 0.15) is 19.8 Å². The first kappa shape index (κ1) is 11.6. The van der Waals surface area contributed by atoms with Crippen molar-refractivity contribution in [3.05, 3.63) is 18.7 Å². The maximum atomic E-state index is 11.3. The molecule has 0 saturated heterocycles. The van der Waals surface area contributed by atoms with E-state index in [1.165, 1.54) is 0 Å². The summed E-state index contributed by atoms with van der Waals surface area (Å²) in [4.78, 5) is 3.98. The Morgan fingerprint density at radius 1 is 1.50 bits per heavy atom. The van der Waals surface area contributed by atoms with Gasteiger partial charge in [-0.1, -0.05) is 0 Å². The van der Waals surface area contributed by atoms with E-state index in [0.29, 0.717) is 6.54 Å². The lowest BCUT2D eigenvalue weighted by Crippen LogP contribution is -2.33. The minimum absolute atomic E-state index is 0.114. The Hall–Kier alpha value is -0.880. The van der Waals surface area contributed by atoms with Crippen LogP contribution >= 0.6 is 0 Å². The topological polar surface area (TPSA) is 64.0 Å². The fourth-order valence-corrected chi connectivity index (χ4v) is 2.43. The third-order valence-electron chi connectivity index (χ3n) is 3.08. The molecule has 0 bridgehead atoms. The van der Waals surface area contributed by atoms with Crippen molar-refractivity contribution in [3.63, 3.8) is 0 Å². The van der Waals surface area contributed by atoms with Crippen molar-refractivity contribution < 1.29 is 8.42 Å². The van der Waals surface area contributed by atoms with Crippen molar-refractivity contribution in [3.8, 4) is 0 Å². The van der Waals surface area contributed by atoms with Gasteiger partial charge in [-0.3, -0.25) is 0 Å². The van der Waals surface area contributed by atoms with Crippen LogP contribution < -0.4 is 4.72 Å². The van der Waals surface area contributed by atoms with Gasteiger partial charge in [0.15, 0.2) is 0 Å². The van der Waals surface area contributed by atoms with Crippen LogP contribution in [0, 0.1) is 5.41 Å². The molecule has 90 valence electrons. The Bertz CT molecular complexity index is 435. The van der Waals surface area contributed by atoms with Crippen LogP contribution in [0.3, 0.4) is 0 Å². The zero-order chi connectivity index (χ0) is 11.6. The fourth-order valence-electron chi connectivity index (χ4n) is 1.70. The van der Waals surface area contributed by atoms with Crippen LogP contribution in [-0.2, 0) is 16.6 Å². The largest absolute Gasteiger partial charge is 0.337 e. The highest BCUT2D eigenvalue weighted by Gasteiger charge is 2.43. The molecule has 0 atom stereocenters. The second kappa shape index (κ2) is 4.18. The van der Waals surface area contributed by atoms with Gasteiger partial charge >= 0.3 is 0 Å². The number of sulfonamides is 1. The van der Waals surface area contributed by atoms with Gasteiger partial charge in [-0.05, 0) is 19.8 Å². The molecule has 1 heterocycles. The third-order valence-corrected chi connectivity index (χ3v) is 4.43. The molecule has 0 spiro atoms. The summed E-state index contributed by atoms with van der Waals surface area (Å²) >= 11 is 0. The van der Waals surface area contributed by atoms with Crippen molar-refractivity contribution in [2.75, 3.05) is 12.3 Å². The molecule has 1 aromatic rings. The number of nitrogens with zero attached hydrogens (tertiary/aromatic N) is 2. The maximum absolute atomic E-state index is 11.3. The van der Waals surface area contributed by atoms with Crippen LogP contribution in [0.5, 0.6) is 0 Å². The van der Waals surface area contributed by atoms with E-state index in [0.717, 1.165) is 19.4 Å². The summed E-state index contributed by atoms with van der Waals surface area (Å²) in [5.41, 5.74) is 0.114. The Morgan fingerprint density at radius 2 is 2.25 bits per heavy atom. The molecule has 0 aliphatic heterocycles. The molecular weight excluding hydrogens is 226 g/mol. The molecule has 2 rings (SSSR count). The predicted molar refractivity (Wildman–Crippen MR) is 61.4 cm³/mol. The molecule has 1 aliphatic carbocycles. The number of aromatic nitrogens is 2. The van der Waals surface area contributed by atoms with E-state index in [9.17, 15) is 8.42 Å².